The number of aliphatic hydroxyl groups excluding tert-OH is 1. The maximum Gasteiger partial charge on any atom is 0.224 e. The van der Waals surface area contributed by atoms with Gasteiger partial charge in [0.05, 0.1) is 18.5 Å². The zero-order valence-corrected chi connectivity index (χ0v) is 16.7. The second-order valence-electron chi connectivity index (χ2n) is 5.84. The second kappa shape index (κ2) is 15.1. The van der Waals surface area contributed by atoms with Gasteiger partial charge in [0.1, 0.15) is 11.5 Å². The van der Waals surface area contributed by atoms with Gasteiger partial charge >= 0.3 is 0 Å². The second-order valence-corrected chi connectivity index (χ2v) is 5.84. The summed E-state index contributed by atoms with van der Waals surface area (Å²) in [7, 11) is 0. The fourth-order valence-corrected chi connectivity index (χ4v) is 1.72. The summed E-state index contributed by atoms with van der Waals surface area (Å²) in [6, 6.07) is 3.23. The molecule has 0 atom stereocenters. The van der Waals surface area contributed by atoms with Crippen molar-refractivity contribution in [2.45, 2.75) is 46.5 Å². The van der Waals surface area contributed by atoms with Gasteiger partial charge in [-0.25, -0.2) is 0 Å². The Balaban J connectivity index is 0.00000227. The maximum absolute atomic E-state index is 11.8. The lowest BCUT2D eigenvalue weighted by Gasteiger charge is -2.06. The number of hydrogen-bond acceptors (Lipinski definition) is 6. The molecule has 0 saturated carbocycles. The van der Waals surface area contributed by atoms with Crippen molar-refractivity contribution in [3.8, 4) is 0 Å². The van der Waals surface area contributed by atoms with Crippen LogP contribution in [-0.2, 0) is 9.59 Å². The minimum absolute atomic E-state index is 0.108. The van der Waals surface area contributed by atoms with E-state index in [1.807, 2.05) is 0 Å². The van der Waals surface area contributed by atoms with Crippen LogP contribution in [0.5, 0.6) is 0 Å². The number of aliphatic hydroxyl groups is 1. The Morgan fingerprint density at radius 3 is 2.32 bits per heavy atom. The highest BCUT2D eigenvalue weighted by Crippen LogP contribution is 2.08. The fraction of sp³-hybridized carbons (Fsp3) is 0.500. The number of anilines is 1. The van der Waals surface area contributed by atoms with Gasteiger partial charge in [-0.15, -0.1) is 10.2 Å². The molecule has 10 nitrogen and oxygen atoms in total. The topological polar surface area (TPSA) is 168 Å². The monoisotopic (exact) mass is 393 g/mol. The van der Waals surface area contributed by atoms with E-state index in [0.717, 1.165) is 0 Å². The van der Waals surface area contributed by atoms with E-state index >= 15 is 0 Å². The lowest BCUT2D eigenvalue weighted by atomic mass is 10.2. The molecule has 1 heterocycles. The van der Waals surface area contributed by atoms with Gasteiger partial charge in [0.2, 0.25) is 11.8 Å². The Morgan fingerprint density at radius 1 is 1.14 bits per heavy atom. The summed E-state index contributed by atoms with van der Waals surface area (Å²) in [5.74, 6) is -0.0408. The molecule has 156 valence electrons. The number of amides is 2. The molecule has 1 rings (SSSR count). The highest BCUT2D eigenvalue weighted by molar-refractivity contribution is 5.96. The van der Waals surface area contributed by atoms with E-state index in [4.69, 9.17) is 16.6 Å². The van der Waals surface area contributed by atoms with Crippen molar-refractivity contribution < 1.29 is 14.7 Å². The van der Waals surface area contributed by atoms with Crippen LogP contribution >= 0.6 is 0 Å². The first-order valence-electron chi connectivity index (χ1n) is 9.11. The molecule has 0 aromatic carbocycles. The Labute approximate surface area is 165 Å². The minimum atomic E-state index is -0.227. The summed E-state index contributed by atoms with van der Waals surface area (Å²) < 4.78 is 0. The minimum Gasteiger partial charge on any atom is -0.395 e. The number of rotatable bonds is 9. The first-order chi connectivity index (χ1) is 13.3. The number of hydrogen-bond donors (Lipinski definition) is 5. The van der Waals surface area contributed by atoms with Crippen molar-refractivity contribution in [1.82, 2.24) is 10.3 Å². The van der Waals surface area contributed by atoms with Crippen LogP contribution in [0, 0.1) is 0 Å². The third kappa shape index (κ3) is 12.4. The molecule has 0 radical (unpaired) electrons. The molecule has 10 heteroatoms. The molecule has 0 aliphatic carbocycles. The van der Waals surface area contributed by atoms with Gasteiger partial charge in [-0.05, 0) is 25.5 Å². The molecule has 0 spiro atoms. The van der Waals surface area contributed by atoms with Crippen molar-refractivity contribution >= 4 is 29.2 Å². The third-order valence-corrected chi connectivity index (χ3v) is 2.87. The molecule has 0 aliphatic rings. The average Bonchev–Trinajstić information content (AvgIpc) is 2.65. The molecule has 0 bridgehead atoms. The molecule has 7 N–H and O–H groups in total. The van der Waals surface area contributed by atoms with Crippen LogP contribution in [0.25, 0.3) is 0 Å². The summed E-state index contributed by atoms with van der Waals surface area (Å²) >= 11 is 0. The molecule has 1 aromatic rings. The van der Waals surface area contributed by atoms with Crippen LogP contribution in [-0.4, -0.2) is 46.7 Å². The summed E-state index contributed by atoms with van der Waals surface area (Å²) in [5, 5.41) is 21.1. The molecule has 28 heavy (non-hydrogen) atoms. The standard InChI is InChI=1S/C15H23N7O3.C3H8/c1-10(16)21-22-15(17)12-6-5-11(9-19-12)20-14(25)4-2-3-13(24)18-7-8-23;1-3-2/h5-6,9,23H,2-4,7-8H2,1H3,(H2,16,21)(H2,17,22)(H,18,24)(H,20,25);3H2,1-2H3. The van der Waals surface area contributed by atoms with Gasteiger partial charge in [0.25, 0.3) is 0 Å². The van der Waals surface area contributed by atoms with E-state index in [9.17, 15) is 9.59 Å². The van der Waals surface area contributed by atoms with Gasteiger partial charge in [0.15, 0.2) is 5.84 Å². The normalized spacial score (nSPS) is 11.3. The predicted octanol–water partition coefficient (Wildman–Crippen LogP) is 0.713. The van der Waals surface area contributed by atoms with E-state index in [2.05, 4.69) is 39.7 Å². The van der Waals surface area contributed by atoms with Crippen molar-refractivity contribution in [2.75, 3.05) is 18.5 Å². The van der Waals surface area contributed by atoms with Crippen LogP contribution in [0.2, 0.25) is 0 Å². The van der Waals surface area contributed by atoms with E-state index in [-0.39, 0.29) is 49.5 Å². The lowest BCUT2D eigenvalue weighted by Crippen LogP contribution is -2.26. The summed E-state index contributed by atoms with van der Waals surface area (Å²) in [5.41, 5.74) is 12.0. The van der Waals surface area contributed by atoms with Crippen molar-refractivity contribution in [1.29, 1.82) is 0 Å². The SMILES string of the molecule is C/C(N)=N/N=C(\N)c1ccc(NC(=O)CCCC(=O)NCCO)cn1.CCC. The zero-order chi connectivity index (χ0) is 21.4. The summed E-state index contributed by atoms with van der Waals surface area (Å²) in [4.78, 5) is 27.2. The molecule has 0 fully saturated rings. The molecule has 1 aromatic heterocycles. The Hall–Kier alpha value is -3.01. The quantitative estimate of drug-likeness (QED) is 0.235. The van der Waals surface area contributed by atoms with Crippen LogP contribution in [0.1, 0.15) is 52.1 Å². The van der Waals surface area contributed by atoms with Gasteiger partial charge in [-0.1, -0.05) is 20.3 Å². The van der Waals surface area contributed by atoms with Crippen LogP contribution < -0.4 is 22.1 Å². The first kappa shape index (κ1) is 25.0. The number of aromatic nitrogens is 1. The largest absolute Gasteiger partial charge is 0.395 e. The molecule has 0 saturated heterocycles. The zero-order valence-electron chi connectivity index (χ0n) is 16.7. The predicted molar refractivity (Wildman–Crippen MR) is 111 cm³/mol. The van der Waals surface area contributed by atoms with Gasteiger partial charge in [0, 0.05) is 19.4 Å². The number of nitrogens with two attached hydrogens (primary N) is 2. The third-order valence-electron chi connectivity index (χ3n) is 2.87. The average molecular weight is 393 g/mol. The van der Waals surface area contributed by atoms with Gasteiger partial charge < -0.3 is 27.2 Å². The molecular formula is C18H31N7O3. The van der Waals surface area contributed by atoms with Crippen LogP contribution in [0.4, 0.5) is 5.69 Å². The van der Waals surface area contributed by atoms with Gasteiger partial charge in [-0.2, -0.15) is 0 Å². The van der Waals surface area contributed by atoms with Crippen molar-refractivity contribution in [3.05, 3.63) is 24.0 Å². The summed E-state index contributed by atoms with van der Waals surface area (Å²) in [6.07, 6.45) is 3.52. The maximum atomic E-state index is 11.8. The molecule has 0 aliphatic heterocycles. The highest BCUT2D eigenvalue weighted by Gasteiger charge is 2.07. The fourth-order valence-electron chi connectivity index (χ4n) is 1.72. The number of amidine groups is 2. The van der Waals surface area contributed by atoms with Crippen LogP contribution in [0.3, 0.4) is 0 Å². The number of nitrogens with zero attached hydrogens (tertiary/aromatic N) is 3. The van der Waals surface area contributed by atoms with Crippen molar-refractivity contribution in [2.24, 2.45) is 21.7 Å². The first-order valence-corrected chi connectivity index (χ1v) is 9.11. The van der Waals surface area contributed by atoms with E-state index < -0.39 is 0 Å². The highest BCUT2D eigenvalue weighted by atomic mass is 16.3. The van der Waals surface area contributed by atoms with E-state index in [0.29, 0.717) is 17.8 Å². The number of carbonyl (C=O) groups is 2. The lowest BCUT2D eigenvalue weighted by molar-refractivity contribution is -0.121. The number of carbonyl (C=O) groups excluding carboxylic acids is 2. The Kier molecular flexibility index (Phi) is 13.5. The molecule has 0 unspecified atom stereocenters. The van der Waals surface area contributed by atoms with Crippen molar-refractivity contribution in [3.63, 3.8) is 0 Å². The number of nitrogens with one attached hydrogen (secondary N) is 2. The van der Waals surface area contributed by atoms with E-state index in [1.165, 1.54) is 12.6 Å². The van der Waals surface area contributed by atoms with Crippen LogP contribution in [0.15, 0.2) is 28.5 Å². The summed E-state index contributed by atoms with van der Waals surface area (Å²) in [6.45, 7) is 5.94. The molecule has 2 amide bonds. The number of pyridine rings is 1. The van der Waals surface area contributed by atoms with E-state index in [1.54, 1.807) is 19.1 Å². The smallest absolute Gasteiger partial charge is 0.224 e. The molecular weight excluding hydrogens is 362 g/mol. The van der Waals surface area contributed by atoms with Gasteiger partial charge in [-0.3, -0.25) is 14.6 Å². The Bertz CT molecular complexity index is 654. The Morgan fingerprint density at radius 2 is 1.79 bits per heavy atom.